The van der Waals surface area contributed by atoms with Gasteiger partial charge in [-0.15, -0.1) is 0 Å². The zero-order valence-electron chi connectivity index (χ0n) is 24.1. The summed E-state index contributed by atoms with van der Waals surface area (Å²) >= 11 is 5.99. The van der Waals surface area contributed by atoms with Crippen LogP contribution in [-0.4, -0.2) is 117 Å². The first-order valence-electron chi connectivity index (χ1n) is 12.8. The molecule has 1 unspecified atom stereocenters. The first-order chi connectivity index (χ1) is 16.6. The Kier molecular flexibility index (Phi) is 7.63. The number of piperidine rings is 1. The van der Waals surface area contributed by atoms with E-state index in [-0.39, 0.29) is 23.0 Å². The summed E-state index contributed by atoms with van der Waals surface area (Å²) in [6, 6.07) is 7.94. The monoisotopic (exact) mass is 513 g/mol. The highest BCUT2D eigenvalue weighted by atomic mass is 35.5. The normalized spacial score (nSPS) is 22.9. The number of nitrogens with one attached hydrogen (secondary N) is 1. The molecular formula is C20H32B10ClF2N3O. The number of benzene rings is 1. The third-order valence-corrected chi connectivity index (χ3v) is 9.29. The maximum absolute atomic E-state index is 18.2. The molecular weight excluding hydrogens is 480 g/mol. The number of carbonyl (C=O) groups is 1. The molecule has 0 saturated carbocycles. The molecule has 17 heteroatoms. The number of halogens is 3. The number of likely N-dealkylation sites (tertiary alicyclic amines) is 1. The summed E-state index contributed by atoms with van der Waals surface area (Å²) < 4.78 is 32.0. The summed E-state index contributed by atoms with van der Waals surface area (Å²) in [5.41, 5.74) is 0.381. The molecule has 1 aromatic carbocycles. The maximum Gasteiger partial charge on any atom is 0.252 e. The molecule has 0 spiro atoms. The molecule has 1 N–H and O–H groups in total. The summed E-state index contributed by atoms with van der Waals surface area (Å²) in [5.74, 6) is -0.886. The summed E-state index contributed by atoms with van der Waals surface area (Å²) in [7, 11) is 19.2. The van der Waals surface area contributed by atoms with E-state index in [1.807, 2.05) is 104 Å². The second-order valence-electron chi connectivity index (χ2n) is 13.3. The predicted molar refractivity (Wildman–Crippen MR) is 176 cm³/mol. The van der Waals surface area contributed by atoms with Crippen molar-refractivity contribution in [3.05, 3.63) is 64.2 Å². The Balaban J connectivity index is 2.08. The van der Waals surface area contributed by atoms with Crippen molar-refractivity contribution < 1.29 is 13.6 Å². The van der Waals surface area contributed by atoms with Crippen LogP contribution in [0.3, 0.4) is 0 Å². The highest BCUT2D eigenvalue weighted by Crippen LogP contribution is 2.63. The largest absolute Gasteiger partial charge is 0.350 e. The minimum atomic E-state index is -1.78. The number of pyridine rings is 1. The van der Waals surface area contributed by atoms with E-state index in [1.165, 1.54) is 18.2 Å². The highest BCUT2D eigenvalue weighted by molar-refractivity contribution is 6.59. The van der Waals surface area contributed by atoms with Crippen LogP contribution in [0, 0.1) is 12.7 Å². The summed E-state index contributed by atoms with van der Waals surface area (Å²) in [6.07, 6.45) is 1.82. The Bertz CT molecular complexity index is 1220. The Hall–Kier alpha value is -1.40. The van der Waals surface area contributed by atoms with Gasteiger partial charge in [0.15, 0.2) is 0 Å². The Morgan fingerprint density at radius 3 is 2.19 bits per heavy atom. The van der Waals surface area contributed by atoms with E-state index in [1.54, 1.807) is 4.90 Å². The van der Waals surface area contributed by atoms with Gasteiger partial charge in [0, 0.05) is 24.0 Å². The standard InChI is InChI=1S/C20H32B10ClF2N3O/c1-9-2-5-13(34-7-9)16(23,24)35-19(27,28)17(33)15(21,22)8-36(20(29,30)18(17,25)26)14(37)10-3-4-12(32)11(31)6-10/h2-7,35H,8,21-30H2,1H3. The molecule has 3 rings (SSSR count). The molecule has 0 bridgehead atoms. The zero-order valence-corrected chi connectivity index (χ0v) is 24.9. The number of amides is 1. The van der Waals surface area contributed by atoms with E-state index in [2.05, 4.69) is 10.3 Å². The minimum Gasteiger partial charge on any atom is -0.350 e. The molecule has 1 saturated heterocycles. The van der Waals surface area contributed by atoms with Gasteiger partial charge in [0.1, 0.15) is 84.3 Å². The van der Waals surface area contributed by atoms with E-state index in [4.69, 9.17) is 11.6 Å². The molecule has 1 amide bonds. The van der Waals surface area contributed by atoms with Crippen LogP contribution < -0.4 is 5.32 Å². The van der Waals surface area contributed by atoms with Crippen molar-refractivity contribution in [3.8, 4) is 0 Å². The second kappa shape index (κ2) is 9.36. The van der Waals surface area contributed by atoms with Crippen LogP contribution in [0.15, 0.2) is 36.5 Å². The molecule has 4 nitrogen and oxygen atoms in total. The van der Waals surface area contributed by atoms with Crippen LogP contribution in [0.2, 0.25) is 15.5 Å². The number of hydrogen-bond donors (Lipinski definition) is 1. The van der Waals surface area contributed by atoms with E-state index < -0.39 is 37.9 Å². The molecule has 1 atom stereocenters. The molecule has 184 valence electrons. The van der Waals surface area contributed by atoms with Crippen molar-refractivity contribution in [2.45, 2.75) is 39.0 Å². The van der Waals surface area contributed by atoms with Crippen molar-refractivity contribution in [1.82, 2.24) is 15.2 Å². The first kappa shape index (κ1) is 30.1. The van der Waals surface area contributed by atoms with Crippen LogP contribution in [-0.2, 0) is 5.34 Å². The summed E-state index contributed by atoms with van der Waals surface area (Å²) in [5, 5.41) is -1.03. The van der Waals surface area contributed by atoms with Gasteiger partial charge in [-0.3, -0.25) is 9.78 Å². The second-order valence-corrected chi connectivity index (χ2v) is 13.7. The van der Waals surface area contributed by atoms with Crippen LogP contribution in [0.4, 0.5) is 8.78 Å². The smallest absolute Gasteiger partial charge is 0.252 e. The van der Waals surface area contributed by atoms with Gasteiger partial charge in [-0.25, -0.2) is 8.78 Å². The van der Waals surface area contributed by atoms with Crippen molar-refractivity contribution in [2.24, 2.45) is 0 Å². The van der Waals surface area contributed by atoms with Crippen molar-refractivity contribution >= 4 is 96.0 Å². The summed E-state index contributed by atoms with van der Waals surface area (Å²) in [4.78, 5) is 20.1. The molecule has 2 heterocycles. The van der Waals surface area contributed by atoms with Gasteiger partial charge in [0.2, 0.25) is 0 Å². The van der Waals surface area contributed by atoms with Crippen LogP contribution in [0.25, 0.3) is 0 Å². The topological polar surface area (TPSA) is 45.2 Å². The molecule has 0 radical (unpaired) electrons. The van der Waals surface area contributed by atoms with E-state index >= 15 is 4.39 Å². The Morgan fingerprint density at radius 2 is 1.68 bits per heavy atom. The average molecular weight is 512 g/mol. The molecule has 1 fully saturated rings. The maximum atomic E-state index is 18.2. The van der Waals surface area contributed by atoms with Gasteiger partial charge in [0.05, 0.1) is 10.7 Å². The lowest BCUT2D eigenvalue weighted by molar-refractivity contribution is -0.0148. The van der Waals surface area contributed by atoms with Crippen LogP contribution in [0.1, 0.15) is 21.6 Å². The zero-order chi connectivity index (χ0) is 28.4. The number of rotatable bonds is 5. The van der Waals surface area contributed by atoms with Gasteiger partial charge in [-0.2, -0.15) is 0 Å². The third-order valence-electron chi connectivity index (χ3n) is 9.00. The SMILES string of the molecule is BC(B)(NC(B)(B)C1(F)C(B)(B)CN(C(=O)c2ccc(F)c(Cl)c2)C(B)(B)C1(B)B)c1ccc(C)cn1. The Labute approximate surface area is 234 Å². The average Bonchev–Trinajstić information content (AvgIpc) is 2.76. The van der Waals surface area contributed by atoms with Crippen LogP contribution in [0.5, 0.6) is 0 Å². The lowest BCUT2D eigenvalue weighted by Gasteiger charge is -2.72. The van der Waals surface area contributed by atoms with Crippen molar-refractivity contribution in [3.63, 3.8) is 0 Å². The first-order valence-corrected chi connectivity index (χ1v) is 13.2. The number of hydrogen-bond acceptors (Lipinski definition) is 3. The van der Waals surface area contributed by atoms with E-state index in [9.17, 15) is 9.18 Å². The number of aryl methyl sites for hydroxylation is 1. The highest BCUT2D eigenvalue weighted by Gasteiger charge is 2.71. The van der Waals surface area contributed by atoms with Gasteiger partial charge in [0.25, 0.3) is 5.91 Å². The lowest BCUT2D eigenvalue weighted by atomic mass is 9.17. The third kappa shape index (κ3) is 4.68. The van der Waals surface area contributed by atoms with Gasteiger partial charge in [-0.05, 0) is 63.2 Å². The number of aromatic nitrogens is 1. The van der Waals surface area contributed by atoms with E-state index in [0.717, 1.165) is 11.3 Å². The predicted octanol–water partition coefficient (Wildman–Crippen LogP) is -6.38. The van der Waals surface area contributed by atoms with Crippen molar-refractivity contribution in [2.75, 3.05) is 6.54 Å². The van der Waals surface area contributed by atoms with Gasteiger partial charge < -0.3 is 10.2 Å². The van der Waals surface area contributed by atoms with Gasteiger partial charge >= 0.3 is 0 Å². The fourth-order valence-electron chi connectivity index (χ4n) is 6.81. The fraction of sp³-hybridized carbons (Fsp3) is 0.400. The fourth-order valence-corrected chi connectivity index (χ4v) is 6.99. The number of nitrogens with zero attached hydrogens (tertiary/aromatic N) is 2. The van der Waals surface area contributed by atoms with E-state index in [0.29, 0.717) is 0 Å². The van der Waals surface area contributed by atoms with Crippen molar-refractivity contribution in [1.29, 1.82) is 0 Å². The molecule has 37 heavy (non-hydrogen) atoms. The minimum absolute atomic E-state index is 0.115. The molecule has 1 aliphatic heterocycles. The number of carbonyl (C=O) groups excluding carboxylic acids is 1. The summed E-state index contributed by atoms with van der Waals surface area (Å²) in [6.45, 7) is 2.15. The van der Waals surface area contributed by atoms with Gasteiger partial charge in [-0.1, -0.05) is 17.7 Å². The molecule has 1 aromatic heterocycles. The lowest BCUT2D eigenvalue weighted by Crippen LogP contribution is -2.84. The molecule has 0 aliphatic carbocycles. The van der Waals surface area contributed by atoms with Crippen LogP contribution >= 0.6 is 11.6 Å². The number of alkyl halides is 1. The Morgan fingerprint density at radius 1 is 1.08 bits per heavy atom. The quantitative estimate of drug-likeness (QED) is 0.406. The molecule has 2 aromatic rings. The molecule has 1 aliphatic rings.